The van der Waals surface area contributed by atoms with E-state index in [-0.39, 0.29) is 40.9 Å². The third-order valence-corrected chi connectivity index (χ3v) is 4.64. The van der Waals surface area contributed by atoms with E-state index in [1.807, 2.05) is 0 Å². The molecule has 0 amide bonds. The minimum absolute atomic E-state index is 0. The van der Waals surface area contributed by atoms with E-state index in [1.54, 1.807) is 13.0 Å². The zero-order valence-electron chi connectivity index (χ0n) is 15.4. The van der Waals surface area contributed by atoms with Crippen LogP contribution in [-0.4, -0.2) is 65.6 Å². The number of hydrogen-bond acceptors (Lipinski definition) is 11. The summed E-state index contributed by atoms with van der Waals surface area (Å²) in [6.45, 7) is 0.836. The van der Waals surface area contributed by atoms with Gasteiger partial charge < -0.3 is 33.8 Å². The van der Waals surface area contributed by atoms with E-state index in [1.165, 1.54) is 18.2 Å². The Morgan fingerprint density at radius 2 is 1.83 bits per heavy atom. The first-order chi connectivity index (χ1) is 13.0. The zero-order chi connectivity index (χ0) is 20.6. The maximum absolute atomic E-state index is 11.5. The molecule has 0 saturated carbocycles. The van der Waals surface area contributed by atoms with Crippen molar-refractivity contribution in [3.63, 3.8) is 0 Å². The molecule has 3 N–H and O–H groups in total. The molecule has 0 spiro atoms. The van der Waals surface area contributed by atoms with Gasteiger partial charge in [-0.15, -0.1) is 0 Å². The Bertz CT molecular complexity index is 1020. The first-order valence-corrected chi connectivity index (χ1v) is 9.39. The van der Waals surface area contributed by atoms with Crippen molar-refractivity contribution in [3.05, 3.63) is 40.2 Å². The van der Waals surface area contributed by atoms with Gasteiger partial charge in [0, 0.05) is 17.5 Å². The quantitative estimate of drug-likeness (QED) is 0.178. The van der Waals surface area contributed by atoms with Crippen molar-refractivity contribution in [3.8, 4) is 5.75 Å². The molecule has 2 aromatic rings. The molecular formula is C16H17NaO11S. The summed E-state index contributed by atoms with van der Waals surface area (Å²) in [7, 11) is -5.05. The summed E-state index contributed by atoms with van der Waals surface area (Å²) in [5.74, 6) is 0.102. The molecule has 0 bridgehead atoms. The molecule has 1 fully saturated rings. The predicted octanol–water partition coefficient (Wildman–Crippen LogP) is -4.23. The third-order valence-electron chi connectivity index (χ3n) is 4.22. The first-order valence-electron chi connectivity index (χ1n) is 8.06. The molecule has 2 heterocycles. The number of aliphatic hydroxyl groups excluding tert-OH is 3. The van der Waals surface area contributed by atoms with Crippen LogP contribution in [0.5, 0.6) is 5.75 Å². The Morgan fingerprint density at radius 3 is 2.48 bits per heavy atom. The molecule has 1 aromatic heterocycles. The molecule has 5 atom stereocenters. The molecular weight excluding hydrogens is 423 g/mol. The Hall–Kier alpha value is -1.06. The summed E-state index contributed by atoms with van der Waals surface area (Å²) in [4.78, 5) is 11.5. The summed E-state index contributed by atoms with van der Waals surface area (Å²) in [6.07, 6.45) is -8.19. The largest absolute Gasteiger partial charge is 1.00 e. The van der Waals surface area contributed by atoms with E-state index in [9.17, 15) is 33.1 Å². The zero-order valence-corrected chi connectivity index (χ0v) is 18.2. The van der Waals surface area contributed by atoms with Gasteiger partial charge in [0.05, 0.1) is 6.61 Å². The Labute approximate surface area is 187 Å². The summed E-state index contributed by atoms with van der Waals surface area (Å²) in [5, 5.41) is 30.5. The molecule has 29 heavy (non-hydrogen) atoms. The van der Waals surface area contributed by atoms with Gasteiger partial charge in [0.15, 0.2) is 0 Å². The SMILES string of the molecule is Cc1cc(=O)oc2cc(OC3OC(COS(=O)(=O)[O-])C(O)C(O)C3O)ccc12.[Na+]. The van der Waals surface area contributed by atoms with Gasteiger partial charge in [-0.1, -0.05) is 0 Å². The smallest absolute Gasteiger partial charge is 0.726 e. The van der Waals surface area contributed by atoms with Crippen molar-refractivity contribution in [2.75, 3.05) is 6.61 Å². The standard InChI is InChI=1S/C16H18O11S.Na/c1-7-4-12(17)26-10-5-8(2-3-9(7)10)25-16-15(20)14(19)13(18)11(27-16)6-24-28(21,22)23;/h2-5,11,13-16,18-20H,6H2,1H3,(H,21,22,23);/q;+1/p-1. The van der Waals surface area contributed by atoms with Crippen LogP contribution in [0.15, 0.2) is 33.5 Å². The summed E-state index contributed by atoms with van der Waals surface area (Å²) < 4.78 is 51.6. The number of benzene rings is 1. The topological polar surface area (TPSA) is 176 Å². The van der Waals surface area contributed by atoms with Crippen molar-refractivity contribution >= 4 is 21.4 Å². The van der Waals surface area contributed by atoms with Crippen molar-refractivity contribution in [1.82, 2.24) is 0 Å². The average molecular weight is 440 g/mol. The van der Waals surface area contributed by atoms with Crippen LogP contribution in [0, 0.1) is 6.92 Å². The fourth-order valence-corrected chi connectivity index (χ4v) is 3.12. The molecule has 154 valence electrons. The van der Waals surface area contributed by atoms with Gasteiger partial charge >= 0.3 is 35.2 Å². The maximum atomic E-state index is 11.5. The normalized spacial score (nSPS) is 27.4. The van der Waals surface area contributed by atoms with Gasteiger partial charge in [-0.05, 0) is 24.6 Å². The van der Waals surface area contributed by atoms with E-state index in [4.69, 9.17) is 13.9 Å². The number of aryl methyl sites for hydroxylation is 1. The van der Waals surface area contributed by atoms with Gasteiger partial charge in [0.25, 0.3) is 0 Å². The summed E-state index contributed by atoms with van der Waals surface area (Å²) >= 11 is 0. The number of hydrogen-bond donors (Lipinski definition) is 3. The van der Waals surface area contributed by atoms with Crippen LogP contribution in [0.4, 0.5) is 0 Å². The summed E-state index contributed by atoms with van der Waals surface area (Å²) in [6, 6.07) is 5.79. The van der Waals surface area contributed by atoms with Crippen molar-refractivity contribution in [2.24, 2.45) is 0 Å². The van der Waals surface area contributed by atoms with E-state index >= 15 is 0 Å². The second kappa shape index (κ2) is 9.39. The number of rotatable bonds is 5. The van der Waals surface area contributed by atoms with Crippen LogP contribution >= 0.6 is 0 Å². The van der Waals surface area contributed by atoms with E-state index < -0.39 is 53.3 Å². The van der Waals surface area contributed by atoms with Crippen molar-refractivity contribution < 1.29 is 75.9 Å². The van der Waals surface area contributed by atoms with Crippen LogP contribution in [-0.2, 0) is 19.3 Å². The van der Waals surface area contributed by atoms with Crippen molar-refractivity contribution in [2.45, 2.75) is 37.6 Å². The molecule has 1 aliphatic rings. The molecule has 0 aliphatic carbocycles. The third kappa shape index (κ3) is 5.76. The van der Waals surface area contributed by atoms with Crippen LogP contribution in [0.25, 0.3) is 11.0 Å². The van der Waals surface area contributed by atoms with E-state index in [0.717, 1.165) is 0 Å². The van der Waals surface area contributed by atoms with Gasteiger partial charge in [-0.3, -0.25) is 4.18 Å². The first kappa shape index (κ1) is 24.2. The molecule has 3 rings (SSSR count). The average Bonchev–Trinajstić information content (AvgIpc) is 2.60. The monoisotopic (exact) mass is 440 g/mol. The number of fused-ring (bicyclic) bond motifs is 1. The Balaban J connectivity index is 0.00000300. The molecule has 5 unspecified atom stereocenters. The fourth-order valence-electron chi connectivity index (χ4n) is 2.81. The van der Waals surface area contributed by atoms with Crippen LogP contribution < -0.4 is 39.9 Å². The van der Waals surface area contributed by atoms with Gasteiger partial charge in [-0.2, -0.15) is 0 Å². The fraction of sp³-hybridized carbons (Fsp3) is 0.438. The Morgan fingerprint density at radius 1 is 1.14 bits per heavy atom. The van der Waals surface area contributed by atoms with Crippen molar-refractivity contribution in [1.29, 1.82) is 0 Å². The second-order valence-electron chi connectivity index (χ2n) is 6.23. The maximum Gasteiger partial charge on any atom is 1.00 e. The summed E-state index contributed by atoms with van der Waals surface area (Å²) in [5.41, 5.74) is 0.331. The minimum Gasteiger partial charge on any atom is -0.726 e. The molecule has 1 saturated heterocycles. The van der Waals surface area contributed by atoms with Gasteiger partial charge in [0.1, 0.15) is 35.7 Å². The predicted molar refractivity (Wildman–Crippen MR) is 90.2 cm³/mol. The van der Waals surface area contributed by atoms with E-state index in [0.29, 0.717) is 10.9 Å². The molecule has 1 aliphatic heterocycles. The Kier molecular flexibility index (Phi) is 7.84. The molecule has 1 aromatic carbocycles. The van der Waals surface area contributed by atoms with E-state index in [2.05, 4.69) is 4.18 Å². The van der Waals surface area contributed by atoms with Gasteiger partial charge in [0.2, 0.25) is 16.7 Å². The molecule has 0 radical (unpaired) electrons. The molecule has 13 heteroatoms. The van der Waals surface area contributed by atoms with Crippen LogP contribution in [0.1, 0.15) is 5.56 Å². The second-order valence-corrected chi connectivity index (χ2v) is 7.28. The molecule has 11 nitrogen and oxygen atoms in total. The number of aliphatic hydroxyl groups is 3. The van der Waals surface area contributed by atoms with Crippen LogP contribution in [0.3, 0.4) is 0 Å². The minimum atomic E-state index is -5.05. The number of ether oxygens (including phenoxy) is 2. The van der Waals surface area contributed by atoms with Gasteiger partial charge in [-0.25, -0.2) is 13.2 Å². The van der Waals surface area contributed by atoms with Crippen LogP contribution in [0.2, 0.25) is 0 Å².